The Bertz CT molecular complexity index is 1350. The van der Waals surface area contributed by atoms with E-state index in [4.69, 9.17) is 14.2 Å². The van der Waals surface area contributed by atoms with E-state index in [-0.39, 0.29) is 24.5 Å². The number of anilines is 2. The number of aliphatic hydroxyl groups is 1. The number of aliphatic hydroxyl groups excluding tert-OH is 1. The second kappa shape index (κ2) is 14.1. The van der Waals surface area contributed by atoms with Crippen molar-refractivity contribution >= 4 is 23.3 Å². The molecule has 224 valence electrons. The lowest BCUT2D eigenvalue weighted by Gasteiger charge is -2.38. The smallest absolute Gasteiger partial charge is 0.323 e. The minimum absolute atomic E-state index is 0.0116. The summed E-state index contributed by atoms with van der Waals surface area (Å²) < 4.78 is 16.9. The molecule has 0 unspecified atom stereocenters. The van der Waals surface area contributed by atoms with Gasteiger partial charge in [-0.1, -0.05) is 19.1 Å². The maximum Gasteiger partial charge on any atom is 0.323 e. The number of ether oxygens (including phenoxy) is 3. The molecule has 0 radical (unpaired) electrons. The van der Waals surface area contributed by atoms with Crippen LogP contribution in [0.1, 0.15) is 29.8 Å². The summed E-state index contributed by atoms with van der Waals surface area (Å²) in [6, 6.07) is 19.1. The van der Waals surface area contributed by atoms with Gasteiger partial charge >= 0.3 is 6.03 Å². The van der Waals surface area contributed by atoms with Crippen molar-refractivity contribution in [3.63, 3.8) is 0 Å². The molecule has 1 heterocycles. The van der Waals surface area contributed by atoms with E-state index >= 15 is 0 Å². The molecule has 0 saturated heterocycles. The van der Waals surface area contributed by atoms with Crippen molar-refractivity contribution in [2.75, 3.05) is 51.6 Å². The summed E-state index contributed by atoms with van der Waals surface area (Å²) in [7, 11) is 5.26. The van der Waals surface area contributed by atoms with Crippen molar-refractivity contribution in [2.45, 2.75) is 32.5 Å². The zero-order valence-electron chi connectivity index (χ0n) is 24.8. The molecule has 10 heteroatoms. The van der Waals surface area contributed by atoms with Gasteiger partial charge in [0.15, 0.2) is 0 Å². The summed E-state index contributed by atoms with van der Waals surface area (Å²) >= 11 is 0. The predicted octanol–water partition coefficient (Wildman–Crippen LogP) is 4.70. The first-order valence-corrected chi connectivity index (χ1v) is 14.0. The molecule has 3 amide bonds. The van der Waals surface area contributed by atoms with Crippen LogP contribution in [0.3, 0.4) is 0 Å². The van der Waals surface area contributed by atoms with E-state index in [0.717, 1.165) is 11.3 Å². The molecular weight excluding hydrogens is 536 g/mol. The predicted molar refractivity (Wildman–Crippen MR) is 163 cm³/mol. The highest BCUT2D eigenvalue weighted by Crippen LogP contribution is 2.31. The van der Waals surface area contributed by atoms with E-state index in [1.165, 1.54) is 0 Å². The number of hydrogen-bond acceptors (Lipinski definition) is 7. The Morgan fingerprint density at radius 2 is 1.62 bits per heavy atom. The van der Waals surface area contributed by atoms with Crippen molar-refractivity contribution in [3.8, 4) is 17.2 Å². The SMILES string of the molecule is COc1ccc(CN(C)C[C@H]2Oc3ccc(NC(=O)Nc4ccc(OC)cc4)cc3C(=O)N([C@H](C)CO)C[C@H]2C)cc1. The summed E-state index contributed by atoms with van der Waals surface area (Å²) in [6.07, 6.45) is -0.231. The van der Waals surface area contributed by atoms with Gasteiger partial charge in [-0.3, -0.25) is 9.69 Å². The third-order valence-electron chi connectivity index (χ3n) is 7.37. The van der Waals surface area contributed by atoms with Crippen LogP contribution in [0.4, 0.5) is 16.2 Å². The number of rotatable bonds is 10. The third kappa shape index (κ3) is 7.71. The number of nitrogens with zero attached hydrogens (tertiary/aromatic N) is 2. The fourth-order valence-corrected chi connectivity index (χ4v) is 4.90. The van der Waals surface area contributed by atoms with E-state index < -0.39 is 12.1 Å². The van der Waals surface area contributed by atoms with E-state index in [9.17, 15) is 14.7 Å². The van der Waals surface area contributed by atoms with Gasteiger partial charge in [-0.15, -0.1) is 0 Å². The number of likely N-dealkylation sites (N-methyl/N-ethyl adjacent to an activating group) is 1. The highest BCUT2D eigenvalue weighted by molar-refractivity contribution is 6.02. The average Bonchev–Trinajstić information content (AvgIpc) is 2.99. The van der Waals surface area contributed by atoms with Gasteiger partial charge in [0.1, 0.15) is 23.4 Å². The van der Waals surface area contributed by atoms with E-state index in [0.29, 0.717) is 48.1 Å². The average molecular weight is 577 g/mol. The minimum Gasteiger partial charge on any atom is -0.497 e. The van der Waals surface area contributed by atoms with Crippen LogP contribution in [0.2, 0.25) is 0 Å². The number of carbonyl (C=O) groups is 2. The first-order valence-electron chi connectivity index (χ1n) is 14.0. The zero-order valence-corrected chi connectivity index (χ0v) is 24.8. The van der Waals surface area contributed by atoms with Crippen molar-refractivity contribution < 1.29 is 28.9 Å². The molecule has 3 aromatic carbocycles. The lowest BCUT2D eigenvalue weighted by atomic mass is 9.99. The summed E-state index contributed by atoms with van der Waals surface area (Å²) in [5.74, 6) is 1.66. The maximum atomic E-state index is 13.7. The molecular formula is C32H40N4O6. The normalized spacial score (nSPS) is 17.4. The Morgan fingerprint density at radius 3 is 2.24 bits per heavy atom. The van der Waals surface area contributed by atoms with E-state index in [2.05, 4.69) is 22.5 Å². The first kappa shape index (κ1) is 30.7. The summed E-state index contributed by atoms with van der Waals surface area (Å²) in [5, 5.41) is 15.5. The maximum absolute atomic E-state index is 13.7. The lowest BCUT2D eigenvalue weighted by Crippen LogP contribution is -2.49. The van der Waals surface area contributed by atoms with Gasteiger partial charge in [-0.25, -0.2) is 4.79 Å². The number of urea groups is 1. The van der Waals surface area contributed by atoms with E-state index in [1.54, 1.807) is 61.6 Å². The molecule has 0 bridgehead atoms. The number of nitrogens with one attached hydrogen (secondary N) is 2. The molecule has 4 rings (SSSR count). The minimum atomic E-state index is -0.452. The quantitative estimate of drug-likeness (QED) is 0.321. The Hall–Kier alpha value is -4.28. The molecule has 0 saturated carbocycles. The van der Waals surface area contributed by atoms with Crippen molar-refractivity contribution in [1.29, 1.82) is 0 Å². The molecule has 10 nitrogen and oxygen atoms in total. The van der Waals surface area contributed by atoms with Crippen LogP contribution < -0.4 is 24.8 Å². The van der Waals surface area contributed by atoms with Gasteiger partial charge in [0.2, 0.25) is 0 Å². The van der Waals surface area contributed by atoms with Crippen LogP contribution in [-0.2, 0) is 6.54 Å². The fourth-order valence-electron chi connectivity index (χ4n) is 4.90. The molecule has 0 spiro atoms. The standard InChI is InChI=1S/C32H40N4O6/c1-21-17-36(22(2)20-37)31(38)28-16-25(34-32(39)33-24-8-13-27(41-5)14-9-24)10-15-29(28)42-30(21)19-35(3)18-23-6-11-26(40-4)12-7-23/h6-16,21-22,30,37H,17-20H2,1-5H3,(H2,33,34,39)/t21-,22-,30-/m1/s1. The van der Waals surface area contributed by atoms with Gasteiger partial charge in [0.25, 0.3) is 5.91 Å². The molecule has 3 aromatic rings. The van der Waals surface area contributed by atoms with Crippen molar-refractivity contribution in [1.82, 2.24) is 9.80 Å². The summed E-state index contributed by atoms with van der Waals surface area (Å²) in [5.41, 5.74) is 2.51. The Kier molecular flexibility index (Phi) is 10.3. The van der Waals surface area contributed by atoms with Gasteiger partial charge in [0, 0.05) is 36.9 Å². The topological polar surface area (TPSA) is 113 Å². The largest absolute Gasteiger partial charge is 0.497 e. The second-order valence-electron chi connectivity index (χ2n) is 10.7. The Labute approximate surface area is 247 Å². The van der Waals surface area contributed by atoms with Gasteiger partial charge < -0.3 is 34.9 Å². The number of carbonyl (C=O) groups excluding carboxylic acids is 2. The number of benzene rings is 3. The molecule has 0 fully saturated rings. The first-order chi connectivity index (χ1) is 20.2. The molecule has 0 aromatic heterocycles. The van der Waals surface area contributed by atoms with Crippen molar-refractivity contribution in [3.05, 3.63) is 77.9 Å². The van der Waals surface area contributed by atoms with Crippen molar-refractivity contribution in [2.24, 2.45) is 5.92 Å². The van der Waals surface area contributed by atoms with Gasteiger partial charge in [0.05, 0.1) is 32.4 Å². The zero-order chi connectivity index (χ0) is 30.2. The molecule has 3 N–H and O–H groups in total. The van der Waals surface area contributed by atoms with Crippen LogP contribution in [0.25, 0.3) is 0 Å². The fraction of sp³-hybridized carbons (Fsp3) is 0.375. The molecule has 0 aliphatic carbocycles. The van der Waals surface area contributed by atoms with Gasteiger partial charge in [-0.2, -0.15) is 0 Å². The van der Waals surface area contributed by atoms with Crippen LogP contribution in [0.15, 0.2) is 66.7 Å². The molecule has 1 aliphatic rings. The summed E-state index contributed by atoms with van der Waals surface area (Å²) in [4.78, 5) is 30.3. The molecule has 1 aliphatic heterocycles. The van der Waals surface area contributed by atoms with Crippen LogP contribution in [-0.4, -0.2) is 80.0 Å². The summed E-state index contributed by atoms with van der Waals surface area (Å²) in [6.45, 7) is 5.45. The third-order valence-corrected chi connectivity index (χ3v) is 7.37. The molecule has 42 heavy (non-hydrogen) atoms. The Morgan fingerprint density at radius 1 is 1.02 bits per heavy atom. The van der Waals surface area contributed by atoms with E-state index in [1.807, 2.05) is 38.2 Å². The van der Waals surface area contributed by atoms with Gasteiger partial charge in [-0.05, 0) is 74.1 Å². The second-order valence-corrected chi connectivity index (χ2v) is 10.7. The number of fused-ring (bicyclic) bond motifs is 1. The highest BCUT2D eigenvalue weighted by Gasteiger charge is 2.33. The monoisotopic (exact) mass is 576 g/mol. The van der Waals surface area contributed by atoms with Crippen LogP contribution >= 0.6 is 0 Å². The highest BCUT2D eigenvalue weighted by atomic mass is 16.5. The Balaban J connectivity index is 1.53. The molecule has 3 atom stereocenters. The number of methoxy groups -OCH3 is 2. The number of hydrogen-bond donors (Lipinski definition) is 3. The lowest BCUT2D eigenvalue weighted by molar-refractivity contribution is 0.0341. The van der Waals surface area contributed by atoms with Crippen LogP contribution in [0, 0.1) is 5.92 Å². The number of amides is 3. The van der Waals surface area contributed by atoms with Crippen LogP contribution in [0.5, 0.6) is 17.2 Å².